The summed E-state index contributed by atoms with van der Waals surface area (Å²) < 4.78 is 11.3. The second-order valence-corrected chi connectivity index (χ2v) is 8.66. The number of benzene rings is 2. The molecule has 34 heavy (non-hydrogen) atoms. The molecule has 0 fully saturated rings. The first-order valence-corrected chi connectivity index (χ1v) is 10.7. The molecule has 0 saturated carbocycles. The molecule has 0 unspecified atom stereocenters. The highest BCUT2D eigenvalue weighted by Gasteiger charge is 2.25. The zero-order valence-electron chi connectivity index (χ0n) is 19.8. The molecule has 0 saturated heterocycles. The molecule has 0 aliphatic carbocycles. The van der Waals surface area contributed by atoms with E-state index in [1.165, 1.54) is 13.2 Å². The summed E-state index contributed by atoms with van der Waals surface area (Å²) in [5.41, 5.74) is 2.51. The van der Waals surface area contributed by atoms with Crippen molar-refractivity contribution in [2.45, 2.75) is 40.0 Å². The molecule has 2 aromatic carbocycles. The first-order chi connectivity index (χ1) is 16.0. The number of hydrogen-bond acceptors (Lipinski definition) is 6. The van der Waals surface area contributed by atoms with Gasteiger partial charge in [0.15, 0.2) is 22.5 Å². The summed E-state index contributed by atoms with van der Waals surface area (Å²) in [6.07, 6.45) is 0.488. The highest BCUT2D eigenvalue weighted by Crippen LogP contribution is 2.43. The number of fused-ring (bicyclic) bond motifs is 1. The van der Waals surface area contributed by atoms with Crippen molar-refractivity contribution in [2.24, 2.45) is 0 Å². The molecule has 0 atom stereocenters. The minimum Gasteiger partial charge on any atom is -0.514 e. The predicted octanol–water partition coefficient (Wildman–Crippen LogP) is 5.55. The van der Waals surface area contributed by atoms with Gasteiger partial charge in [0.25, 0.3) is 0 Å². The standard InChI is InChI=1S/C28H28O6/c1-14(2)10-18-17(8-9-22(33-7)26(18)31)23-13-21(29)24-27(32)19(11-15(3)4)25(30)20(12-16(5)6)28(24)34-23/h3,5,8-9,13,30-32H,1,10-12H2,2,4,6-7H3. The fraction of sp³-hybridized carbons (Fsp3) is 0.250. The van der Waals surface area contributed by atoms with Crippen molar-refractivity contribution >= 4 is 11.0 Å². The molecule has 0 aliphatic rings. The minimum atomic E-state index is -0.516. The summed E-state index contributed by atoms with van der Waals surface area (Å²) >= 11 is 0. The third-order valence-corrected chi connectivity index (χ3v) is 5.44. The van der Waals surface area contributed by atoms with Crippen molar-refractivity contribution in [2.75, 3.05) is 7.11 Å². The Bertz CT molecular complexity index is 1390. The van der Waals surface area contributed by atoms with Crippen LogP contribution >= 0.6 is 0 Å². The van der Waals surface area contributed by atoms with Crippen molar-refractivity contribution < 1.29 is 24.5 Å². The summed E-state index contributed by atoms with van der Waals surface area (Å²) in [7, 11) is 1.44. The number of phenolic OH excluding ortho intramolecular Hbond substituents is 3. The summed E-state index contributed by atoms with van der Waals surface area (Å²) in [4.78, 5) is 13.2. The van der Waals surface area contributed by atoms with Crippen LogP contribution in [0.4, 0.5) is 0 Å². The lowest BCUT2D eigenvalue weighted by atomic mass is 9.94. The smallest absolute Gasteiger partial charge is 0.205 e. The number of ether oxygens (including phenoxy) is 1. The number of rotatable bonds is 8. The molecule has 176 valence electrons. The largest absolute Gasteiger partial charge is 0.514 e. The van der Waals surface area contributed by atoms with Gasteiger partial charge in [-0.2, -0.15) is 0 Å². The molecule has 3 N–H and O–H groups in total. The van der Waals surface area contributed by atoms with Gasteiger partial charge < -0.3 is 31.1 Å². The van der Waals surface area contributed by atoms with Crippen LogP contribution in [-0.2, 0) is 19.3 Å². The van der Waals surface area contributed by atoms with Gasteiger partial charge in [-0.3, -0.25) is 10.4 Å². The fourth-order valence-electron chi connectivity index (χ4n) is 4.00. The molecule has 3 rings (SSSR count). The van der Waals surface area contributed by atoms with Crippen molar-refractivity contribution in [3.05, 3.63) is 81.6 Å². The average Bonchev–Trinajstić information content (AvgIpc) is 2.74. The molecule has 0 amide bonds. The van der Waals surface area contributed by atoms with Crippen LogP contribution in [0, 0.1) is 13.2 Å². The Labute approximate surface area is 198 Å². The first kappa shape index (κ1) is 24.6. The monoisotopic (exact) mass is 460 g/mol. The number of methoxy groups -OCH3 is 1. The Morgan fingerprint density at radius 2 is 1.71 bits per heavy atom. The summed E-state index contributed by atoms with van der Waals surface area (Å²) in [6, 6.07) is 4.48. The zero-order valence-corrected chi connectivity index (χ0v) is 19.8. The molecule has 6 nitrogen and oxygen atoms in total. The van der Waals surface area contributed by atoms with Crippen LogP contribution in [0.3, 0.4) is 0 Å². The van der Waals surface area contributed by atoms with E-state index in [0.717, 1.165) is 5.57 Å². The van der Waals surface area contributed by atoms with Gasteiger partial charge >= 0.3 is 0 Å². The molecular formula is C28H28O6. The average molecular weight is 461 g/mol. The molecule has 0 radical (unpaired) electrons. The second kappa shape index (κ2) is 9.46. The Kier molecular flexibility index (Phi) is 6.85. The molecule has 0 spiro atoms. The maximum absolute atomic E-state index is 13.2. The van der Waals surface area contributed by atoms with E-state index in [1.807, 2.05) is 6.92 Å². The van der Waals surface area contributed by atoms with E-state index >= 15 is 0 Å². The van der Waals surface area contributed by atoms with E-state index in [9.17, 15) is 20.1 Å². The first-order valence-electron chi connectivity index (χ1n) is 10.7. The number of hydrogen-bond donors (Lipinski definition) is 3. The van der Waals surface area contributed by atoms with Crippen LogP contribution in [0.15, 0.2) is 50.7 Å². The topological polar surface area (TPSA) is 100 Å². The van der Waals surface area contributed by atoms with Gasteiger partial charge in [0.05, 0.1) is 13.5 Å². The molecular weight excluding hydrogens is 432 g/mol. The third kappa shape index (κ3) is 4.54. The fourth-order valence-corrected chi connectivity index (χ4v) is 4.00. The van der Waals surface area contributed by atoms with Crippen LogP contribution in [0.2, 0.25) is 0 Å². The Hall–Kier alpha value is -4.02. The molecule has 1 heterocycles. The van der Waals surface area contributed by atoms with E-state index in [-0.39, 0.29) is 57.9 Å². The van der Waals surface area contributed by atoms with Crippen LogP contribution in [0.5, 0.6) is 23.0 Å². The lowest BCUT2D eigenvalue weighted by Crippen LogP contribution is -2.07. The molecule has 0 bridgehead atoms. The van der Waals surface area contributed by atoms with Crippen molar-refractivity contribution in [1.82, 2.24) is 0 Å². The Balaban J connectivity index is 2.43. The Morgan fingerprint density at radius 1 is 1.03 bits per heavy atom. The molecule has 0 aliphatic heterocycles. The highest BCUT2D eigenvalue weighted by molar-refractivity contribution is 5.91. The van der Waals surface area contributed by atoms with Crippen molar-refractivity contribution in [3.8, 4) is 34.3 Å². The molecule has 1 aromatic heterocycles. The molecule has 6 heteroatoms. The molecule has 3 aromatic rings. The number of aromatic hydroxyl groups is 3. The number of phenols is 3. The van der Waals surface area contributed by atoms with E-state index in [4.69, 9.17) is 22.3 Å². The maximum Gasteiger partial charge on any atom is 0.205 e. The van der Waals surface area contributed by atoms with E-state index in [1.54, 1.807) is 26.0 Å². The van der Waals surface area contributed by atoms with Gasteiger partial charge in [0.2, 0.25) is 6.58 Å². The van der Waals surface area contributed by atoms with Gasteiger partial charge in [0.1, 0.15) is 28.2 Å². The maximum atomic E-state index is 13.2. The van der Waals surface area contributed by atoms with Gasteiger partial charge in [-0.05, 0) is 31.9 Å². The highest BCUT2D eigenvalue weighted by atomic mass is 16.5. The normalized spacial score (nSPS) is 10.9. The van der Waals surface area contributed by atoms with Gasteiger partial charge in [-0.1, -0.05) is 19.1 Å². The predicted molar refractivity (Wildman–Crippen MR) is 132 cm³/mol. The lowest BCUT2D eigenvalue weighted by Gasteiger charge is -2.18. The van der Waals surface area contributed by atoms with E-state index in [0.29, 0.717) is 28.7 Å². The third-order valence-electron chi connectivity index (χ3n) is 5.44. The summed E-state index contributed by atoms with van der Waals surface area (Å²) in [5.74, 6) is -0.302. The summed E-state index contributed by atoms with van der Waals surface area (Å²) in [6.45, 7) is 20.8. The second-order valence-electron chi connectivity index (χ2n) is 8.66. The van der Waals surface area contributed by atoms with Crippen molar-refractivity contribution in [1.29, 1.82) is 0 Å². The van der Waals surface area contributed by atoms with Crippen LogP contribution in [-0.4, -0.2) is 22.4 Å². The van der Waals surface area contributed by atoms with Crippen LogP contribution in [0.1, 0.15) is 37.5 Å². The number of allylic oxidation sites excluding steroid dienone is 3. The SMILES string of the molecule is [CH+]=C(C)Cc1c(O)c(CC(=[CH-])C)c2oc(-c3ccc(OC)c(O)c3CC(=C)C)cc(=O)c2c1O. The quantitative estimate of drug-likeness (QED) is 0.301. The summed E-state index contributed by atoms with van der Waals surface area (Å²) in [5, 5.41) is 32.5. The van der Waals surface area contributed by atoms with Crippen LogP contribution < -0.4 is 10.2 Å². The lowest BCUT2D eigenvalue weighted by molar-refractivity contribution is 0.371. The van der Waals surface area contributed by atoms with E-state index in [2.05, 4.69) is 6.58 Å². The van der Waals surface area contributed by atoms with Crippen LogP contribution in [0.25, 0.3) is 22.3 Å². The van der Waals surface area contributed by atoms with Gasteiger partial charge in [-0.25, -0.2) is 0 Å². The van der Waals surface area contributed by atoms with Gasteiger partial charge in [-0.15, -0.1) is 0 Å². The van der Waals surface area contributed by atoms with Gasteiger partial charge in [0, 0.05) is 35.2 Å². The minimum absolute atomic E-state index is 0.0114. The van der Waals surface area contributed by atoms with Crippen molar-refractivity contribution in [3.63, 3.8) is 0 Å². The van der Waals surface area contributed by atoms with E-state index < -0.39 is 11.2 Å². The Morgan fingerprint density at radius 3 is 2.26 bits per heavy atom. The zero-order chi connectivity index (χ0) is 25.3.